The van der Waals surface area contributed by atoms with Gasteiger partial charge in [-0.3, -0.25) is 4.79 Å². The molecule has 1 aromatic heterocycles. The summed E-state index contributed by atoms with van der Waals surface area (Å²) in [6.45, 7) is 5.75. The lowest BCUT2D eigenvalue weighted by Crippen LogP contribution is -2.51. The van der Waals surface area contributed by atoms with Crippen molar-refractivity contribution < 1.29 is 4.79 Å². The number of hydrogen-bond acceptors (Lipinski definition) is 4. The molecular weight excluding hydrogens is 413 g/mol. The number of likely N-dealkylation sites (tertiary alicyclic amines) is 1. The van der Waals surface area contributed by atoms with Crippen molar-refractivity contribution in [1.29, 1.82) is 0 Å². The van der Waals surface area contributed by atoms with Gasteiger partial charge >= 0.3 is 0 Å². The van der Waals surface area contributed by atoms with Gasteiger partial charge in [-0.2, -0.15) is 0 Å². The number of halogens is 3. The van der Waals surface area contributed by atoms with Crippen molar-refractivity contribution >= 4 is 63.9 Å². The Bertz CT molecular complexity index is 757. The number of thiazole rings is 1. The zero-order valence-electron chi connectivity index (χ0n) is 14.6. The van der Waals surface area contributed by atoms with Gasteiger partial charge in [-0.25, -0.2) is 4.98 Å². The molecule has 1 amide bonds. The third-order valence-corrected chi connectivity index (χ3v) is 6.87. The van der Waals surface area contributed by atoms with Gasteiger partial charge in [0.15, 0.2) is 0 Å². The van der Waals surface area contributed by atoms with Crippen LogP contribution in [-0.2, 0) is 4.79 Å². The largest absolute Gasteiger partial charge is 0.342 e. The number of benzene rings is 1. The van der Waals surface area contributed by atoms with Crippen LogP contribution in [0.5, 0.6) is 0 Å². The topological polar surface area (TPSA) is 45.2 Å². The molecule has 8 heteroatoms. The normalized spacial score (nSPS) is 19.4. The molecule has 2 aliphatic heterocycles. The number of piperidine rings is 1. The standard InChI is InChI=1S/C18H22ClN3OS.2ClH/c1-11(13-9-20-10-13)18(23)22-6-4-12(5-7-22)17-21-15-8-14(19)2-3-16(15)24-17;;/h2-3,8,11-13,20H,4-7,9-10H2,1H3;2*1H. The van der Waals surface area contributed by atoms with Crippen LogP contribution in [0.3, 0.4) is 0 Å². The van der Waals surface area contributed by atoms with Crippen molar-refractivity contribution in [3.8, 4) is 0 Å². The molecule has 144 valence electrons. The van der Waals surface area contributed by atoms with Gasteiger partial charge in [0.25, 0.3) is 0 Å². The summed E-state index contributed by atoms with van der Waals surface area (Å²) >= 11 is 7.82. The van der Waals surface area contributed by atoms with Crippen LogP contribution in [0.25, 0.3) is 10.2 Å². The minimum Gasteiger partial charge on any atom is -0.342 e. The zero-order chi connectivity index (χ0) is 16.7. The molecule has 0 aliphatic carbocycles. The molecule has 4 nitrogen and oxygen atoms in total. The summed E-state index contributed by atoms with van der Waals surface area (Å²) in [6.07, 6.45) is 2.02. The Morgan fingerprint density at radius 3 is 2.62 bits per heavy atom. The molecule has 4 rings (SSSR count). The summed E-state index contributed by atoms with van der Waals surface area (Å²) in [5, 5.41) is 5.18. The molecule has 26 heavy (non-hydrogen) atoms. The highest BCUT2D eigenvalue weighted by Crippen LogP contribution is 2.35. The summed E-state index contributed by atoms with van der Waals surface area (Å²) in [5.41, 5.74) is 0.993. The van der Waals surface area contributed by atoms with Crippen LogP contribution in [0.1, 0.15) is 30.7 Å². The highest BCUT2D eigenvalue weighted by Gasteiger charge is 2.33. The monoisotopic (exact) mass is 435 g/mol. The number of amides is 1. The highest BCUT2D eigenvalue weighted by atomic mass is 35.5. The molecule has 0 bridgehead atoms. The van der Waals surface area contributed by atoms with Crippen LogP contribution in [-0.4, -0.2) is 42.0 Å². The maximum absolute atomic E-state index is 12.6. The average Bonchev–Trinajstić information content (AvgIpc) is 2.95. The van der Waals surface area contributed by atoms with Gasteiger partial charge < -0.3 is 10.2 Å². The lowest BCUT2D eigenvalue weighted by atomic mass is 9.87. The van der Waals surface area contributed by atoms with E-state index in [1.807, 2.05) is 18.2 Å². The molecule has 2 aromatic rings. The fraction of sp³-hybridized carbons (Fsp3) is 0.556. The predicted octanol–water partition coefficient (Wildman–Crippen LogP) is 4.35. The van der Waals surface area contributed by atoms with Crippen molar-refractivity contribution in [3.05, 3.63) is 28.2 Å². The van der Waals surface area contributed by atoms with E-state index < -0.39 is 0 Å². The number of nitrogens with zero attached hydrogens (tertiary/aromatic N) is 2. The molecule has 0 spiro atoms. The van der Waals surface area contributed by atoms with Gasteiger partial charge in [0.2, 0.25) is 5.91 Å². The van der Waals surface area contributed by atoms with Crippen LogP contribution in [0.15, 0.2) is 18.2 Å². The first-order valence-corrected chi connectivity index (χ1v) is 9.87. The number of carbonyl (C=O) groups is 1. The van der Waals surface area contributed by atoms with Gasteiger partial charge in [-0.1, -0.05) is 18.5 Å². The first-order valence-electron chi connectivity index (χ1n) is 8.67. The van der Waals surface area contributed by atoms with Gasteiger partial charge in [-0.05, 0) is 50.0 Å². The number of nitrogens with one attached hydrogen (secondary N) is 1. The van der Waals surface area contributed by atoms with Crippen molar-refractivity contribution in [2.24, 2.45) is 11.8 Å². The minimum atomic E-state index is 0. The smallest absolute Gasteiger partial charge is 0.225 e. The molecule has 0 saturated carbocycles. The van der Waals surface area contributed by atoms with Crippen LogP contribution in [0.2, 0.25) is 5.02 Å². The lowest BCUT2D eigenvalue weighted by Gasteiger charge is -2.37. The Morgan fingerprint density at radius 2 is 2.00 bits per heavy atom. The molecule has 1 unspecified atom stereocenters. The molecular formula is C18H24Cl3N3OS. The predicted molar refractivity (Wildman–Crippen MR) is 113 cm³/mol. The van der Waals surface area contributed by atoms with Gasteiger partial charge in [0.1, 0.15) is 0 Å². The van der Waals surface area contributed by atoms with Gasteiger partial charge in [0.05, 0.1) is 15.2 Å². The maximum atomic E-state index is 12.6. The van der Waals surface area contributed by atoms with Crippen molar-refractivity contribution in [3.63, 3.8) is 0 Å². The minimum absolute atomic E-state index is 0. The molecule has 2 fully saturated rings. The van der Waals surface area contributed by atoms with E-state index >= 15 is 0 Å². The fourth-order valence-electron chi connectivity index (χ4n) is 3.59. The van der Waals surface area contributed by atoms with Crippen LogP contribution in [0.4, 0.5) is 0 Å². The third-order valence-electron chi connectivity index (χ3n) is 5.43. The number of carbonyl (C=O) groups excluding carboxylic acids is 1. The quantitative estimate of drug-likeness (QED) is 0.778. The highest BCUT2D eigenvalue weighted by molar-refractivity contribution is 7.18. The molecule has 1 atom stereocenters. The van der Waals surface area contributed by atoms with E-state index in [-0.39, 0.29) is 30.7 Å². The summed E-state index contributed by atoms with van der Waals surface area (Å²) in [6, 6.07) is 5.90. The molecule has 1 N–H and O–H groups in total. The Balaban J connectivity index is 0.00000121. The summed E-state index contributed by atoms with van der Waals surface area (Å²) in [5.74, 6) is 1.46. The summed E-state index contributed by atoms with van der Waals surface area (Å²) in [4.78, 5) is 19.5. The van der Waals surface area contributed by atoms with Crippen LogP contribution >= 0.6 is 47.8 Å². The summed E-state index contributed by atoms with van der Waals surface area (Å²) in [7, 11) is 0. The first-order chi connectivity index (χ1) is 11.6. The van der Waals surface area contributed by atoms with Crippen LogP contribution < -0.4 is 5.32 Å². The zero-order valence-corrected chi connectivity index (χ0v) is 17.8. The molecule has 0 radical (unpaired) electrons. The number of rotatable bonds is 3. The second-order valence-electron chi connectivity index (χ2n) is 6.97. The van der Waals surface area contributed by atoms with E-state index in [0.29, 0.717) is 17.7 Å². The molecule has 2 saturated heterocycles. The van der Waals surface area contributed by atoms with E-state index in [4.69, 9.17) is 16.6 Å². The second kappa shape index (κ2) is 9.07. The van der Waals surface area contributed by atoms with Crippen molar-refractivity contribution in [1.82, 2.24) is 15.2 Å². The Labute approximate surface area is 175 Å². The van der Waals surface area contributed by atoms with E-state index in [0.717, 1.165) is 49.6 Å². The number of aromatic nitrogens is 1. The molecule has 2 aliphatic rings. The summed E-state index contributed by atoms with van der Waals surface area (Å²) < 4.78 is 1.19. The fourth-order valence-corrected chi connectivity index (χ4v) is 4.88. The van der Waals surface area contributed by atoms with E-state index in [9.17, 15) is 4.79 Å². The Hall–Kier alpha value is -0.590. The van der Waals surface area contributed by atoms with E-state index in [2.05, 4.69) is 17.1 Å². The van der Waals surface area contributed by atoms with Crippen molar-refractivity contribution in [2.45, 2.75) is 25.7 Å². The first kappa shape index (κ1) is 21.7. The lowest BCUT2D eigenvalue weighted by molar-refractivity contribution is -0.138. The maximum Gasteiger partial charge on any atom is 0.225 e. The SMILES string of the molecule is CC(C(=O)N1CCC(c2nc3cc(Cl)ccc3s2)CC1)C1CNC1.Cl.Cl. The average molecular weight is 437 g/mol. The Morgan fingerprint density at radius 1 is 1.31 bits per heavy atom. The number of fused-ring (bicyclic) bond motifs is 1. The van der Waals surface area contributed by atoms with E-state index in [1.165, 1.54) is 9.71 Å². The Kier molecular flexibility index (Phi) is 7.57. The van der Waals surface area contributed by atoms with Gasteiger partial charge in [0, 0.05) is 29.9 Å². The van der Waals surface area contributed by atoms with E-state index in [1.54, 1.807) is 11.3 Å². The molecule has 1 aromatic carbocycles. The van der Waals surface area contributed by atoms with Gasteiger partial charge in [-0.15, -0.1) is 36.2 Å². The second-order valence-corrected chi connectivity index (χ2v) is 8.47. The van der Waals surface area contributed by atoms with Crippen molar-refractivity contribution in [2.75, 3.05) is 26.2 Å². The molecule has 3 heterocycles. The van der Waals surface area contributed by atoms with Crippen LogP contribution in [0, 0.1) is 11.8 Å². The third kappa shape index (κ3) is 4.28. The number of hydrogen-bond donors (Lipinski definition) is 1.